The summed E-state index contributed by atoms with van der Waals surface area (Å²) in [4.78, 5) is 25.2. The Morgan fingerprint density at radius 1 is 1.03 bits per heavy atom. The Balaban J connectivity index is 1.56. The van der Waals surface area contributed by atoms with E-state index in [0.29, 0.717) is 43.0 Å². The van der Waals surface area contributed by atoms with Crippen LogP contribution in [0.4, 0.5) is 5.69 Å². The van der Waals surface area contributed by atoms with Gasteiger partial charge in [-0.25, -0.2) is 8.42 Å². The Morgan fingerprint density at radius 3 is 2.39 bits per heavy atom. The van der Waals surface area contributed by atoms with Crippen molar-refractivity contribution in [2.75, 3.05) is 31.6 Å². The molecule has 4 rings (SSSR count). The second kappa shape index (κ2) is 8.26. The van der Waals surface area contributed by atoms with Crippen LogP contribution in [-0.2, 0) is 14.8 Å². The zero-order valence-electron chi connectivity index (χ0n) is 17.2. The summed E-state index contributed by atoms with van der Waals surface area (Å²) in [6.07, 6.45) is 0. The minimum Gasteiger partial charge on any atom is -0.451 e. The molecule has 162 valence electrons. The molecule has 3 aromatic rings. The van der Waals surface area contributed by atoms with Gasteiger partial charge in [-0.1, -0.05) is 6.07 Å². The molecule has 0 bridgehead atoms. The Hall–Kier alpha value is -3.01. The predicted octanol–water partition coefficient (Wildman–Crippen LogP) is 2.68. The van der Waals surface area contributed by atoms with Gasteiger partial charge in [0.25, 0.3) is 5.91 Å². The summed E-state index contributed by atoms with van der Waals surface area (Å²) < 4.78 is 37.6. The van der Waals surface area contributed by atoms with Crippen molar-refractivity contribution in [2.24, 2.45) is 0 Å². The number of hydrogen-bond acceptors (Lipinski definition) is 6. The molecule has 1 saturated heterocycles. The molecule has 0 saturated carbocycles. The van der Waals surface area contributed by atoms with Crippen molar-refractivity contribution in [1.29, 1.82) is 0 Å². The third kappa shape index (κ3) is 4.25. The highest BCUT2D eigenvalue weighted by molar-refractivity contribution is 7.89. The number of anilines is 1. The fraction of sp³-hybridized carbons (Fsp3) is 0.273. The second-order valence-electron chi connectivity index (χ2n) is 7.42. The Morgan fingerprint density at radius 2 is 1.71 bits per heavy atom. The molecule has 1 aromatic heterocycles. The zero-order valence-corrected chi connectivity index (χ0v) is 18.0. The second-order valence-corrected chi connectivity index (χ2v) is 9.36. The maximum Gasteiger partial charge on any atom is 0.291 e. The number of benzene rings is 2. The number of morpholine rings is 1. The fourth-order valence-corrected chi connectivity index (χ4v) is 5.02. The summed E-state index contributed by atoms with van der Waals surface area (Å²) in [5.41, 5.74) is 2.14. The lowest BCUT2D eigenvalue weighted by Crippen LogP contribution is -2.40. The normalized spacial score (nSPS) is 15.2. The average molecular weight is 442 g/mol. The van der Waals surface area contributed by atoms with Crippen molar-refractivity contribution in [3.05, 3.63) is 69.6 Å². The summed E-state index contributed by atoms with van der Waals surface area (Å²) in [5.74, 6) is -0.713. The molecule has 0 aliphatic carbocycles. The van der Waals surface area contributed by atoms with Crippen molar-refractivity contribution >= 4 is 32.6 Å². The number of rotatable bonds is 4. The van der Waals surface area contributed by atoms with Crippen LogP contribution in [0.2, 0.25) is 0 Å². The van der Waals surface area contributed by atoms with Crippen molar-refractivity contribution < 1.29 is 22.4 Å². The monoisotopic (exact) mass is 442 g/mol. The molecule has 0 radical (unpaired) electrons. The van der Waals surface area contributed by atoms with Crippen LogP contribution in [0.15, 0.2) is 56.6 Å². The molecule has 31 heavy (non-hydrogen) atoms. The van der Waals surface area contributed by atoms with Crippen molar-refractivity contribution in [1.82, 2.24) is 4.31 Å². The van der Waals surface area contributed by atoms with Gasteiger partial charge in [-0.15, -0.1) is 0 Å². The maximum atomic E-state index is 12.7. The van der Waals surface area contributed by atoms with E-state index in [9.17, 15) is 18.0 Å². The minimum absolute atomic E-state index is 0.118. The lowest BCUT2D eigenvalue weighted by Gasteiger charge is -2.26. The number of hydrogen-bond donors (Lipinski definition) is 1. The molecule has 2 heterocycles. The Labute approximate surface area is 179 Å². The smallest absolute Gasteiger partial charge is 0.291 e. The van der Waals surface area contributed by atoms with Crippen molar-refractivity contribution in [2.45, 2.75) is 18.7 Å². The molecular formula is C22H22N2O6S. The predicted molar refractivity (Wildman–Crippen MR) is 116 cm³/mol. The molecule has 0 atom stereocenters. The molecule has 0 unspecified atom stereocenters. The molecular weight excluding hydrogens is 420 g/mol. The van der Waals surface area contributed by atoms with Crippen molar-refractivity contribution in [3.63, 3.8) is 0 Å². The average Bonchev–Trinajstić information content (AvgIpc) is 2.74. The summed E-state index contributed by atoms with van der Waals surface area (Å²) in [6.45, 7) is 5.04. The minimum atomic E-state index is -3.62. The number of sulfonamides is 1. The lowest BCUT2D eigenvalue weighted by atomic mass is 10.1. The van der Waals surface area contributed by atoms with Gasteiger partial charge in [0.2, 0.25) is 10.0 Å². The summed E-state index contributed by atoms with van der Waals surface area (Å²) >= 11 is 0. The first-order valence-corrected chi connectivity index (χ1v) is 11.2. The van der Waals surface area contributed by atoms with Gasteiger partial charge < -0.3 is 14.5 Å². The largest absolute Gasteiger partial charge is 0.451 e. The maximum absolute atomic E-state index is 12.7. The highest BCUT2D eigenvalue weighted by atomic mass is 32.2. The van der Waals surface area contributed by atoms with E-state index in [1.54, 1.807) is 6.07 Å². The lowest BCUT2D eigenvalue weighted by molar-refractivity contribution is 0.0730. The first kappa shape index (κ1) is 21.2. The van der Waals surface area contributed by atoms with Crippen LogP contribution in [0.5, 0.6) is 0 Å². The van der Waals surface area contributed by atoms with Gasteiger partial charge in [0.15, 0.2) is 11.2 Å². The van der Waals surface area contributed by atoms with E-state index in [4.69, 9.17) is 9.15 Å². The molecule has 2 aromatic carbocycles. The Kier molecular flexibility index (Phi) is 5.65. The highest BCUT2D eigenvalue weighted by Crippen LogP contribution is 2.21. The zero-order chi connectivity index (χ0) is 22.2. The van der Waals surface area contributed by atoms with Crippen LogP contribution in [0, 0.1) is 13.8 Å². The van der Waals surface area contributed by atoms with E-state index >= 15 is 0 Å². The molecule has 1 fully saturated rings. The van der Waals surface area contributed by atoms with E-state index < -0.39 is 15.9 Å². The molecule has 8 nitrogen and oxygen atoms in total. The molecule has 1 N–H and O–H groups in total. The first-order valence-electron chi connectivity index (χ1n) is 9.80. The van der Waals surface area contributed by atoms with Gasteiger partial charge in [-0.2, -0.15) is 4.31 Å². The number of aryl methyl sites for hydroxylation is 2. The van der Waals surface area contributed by atoms with Gasteiger partial charge in [0.1, 0.15) is 5.58 Å². The van der Waals surface area contributed by atoms with Crippen LogP contribution in [0.1, 0.15) is 21.7 Å². The molecule has 1 amide bonds. The summed E-state index contributed by atoms with van der Waals surface area (Å²) in [5, 5.41) is 3.08. The van der Waals surface area contributed by atoms with E-state index in [2.05, 4.69) is 5.32 Å². The third-order valence-corrected chi connectivity index (χ3v) is 7.03. The number of carbonyl (C=O) groups excluding carboxylic acids is 1. The van der Waals surface area contributed by atoms with Gasteiger partial charge in [0.05, 0.1) is 23.5 Å². The van der Waals surface area contributed by atoms with Crippen LogP contribution in [0.3, 0.4) is 0 Å². The summed E-state index contributed by atoms with van der Waals surface area (Å²) in [7, 11) is -3.62. The van der Waals surface area contributed by atoms with E-state index in [1.165, 1.54) is 28.6 Å². The van der Waals surface area contributed by atoms with Crippen LogP contribution in [0.25, 0.3) is 11.0 Å². The van der Waals surface area contributed by atoms with Crippen LogP contribution < -0.4 is 10.7 Å². The van der Waals surface area contributed by atoms with E-state index in [0.717, 1.165) is 17.2 Å². The number of nitrogens with one attached hydrogen (secondary N) is 1. The van der Waals surface area contributed by atoms with Gasteiger partial charge in [-0.3, -0.25) is 9.59 Å². The number of amides is 1. The first-order chi connectivity index (χ1) is 14.8. The van der Waals surface area contributed by atoms with Gasteiger partial charge in [-0.05, 0) is 55.3 Å². The topological polar surface area (TPSA) is 106 Å². The number of nitrogens with zero attached hydrogens (tertiary/aromatic N) is 1. The SMILES string of the molecule is Cc1cc(C)c2c(=O)cc(C(=O)Nc3ccc(S(=O)(=O)N4CCOCC4)cc3)oc2c1. The Bertz CT molecular complexity index is 1310. The highest BCUT2D eigenvalue weighted by Gasteiger charge is 2.26. The molecule has 1 aliphatic heterocycles. The van der Waals surface area contributed by atoms with Crippen molar-refractivity contribution in [3.8, 4) is 0 Å². The summed E-state index contributed by atoms with van der Waals surface area (Å²) in [6, 6.07) is 10.6. The number of ether oxygens (including phenoxy) is 1. The fourth-order valence-electron chi connectivity index (χ4n) is 3.61. The third-order valence-electron chi connectivity index (χ3n) is 5.12. The van der Waals surface area contributed by atoms with Crippen LogP contribution in [-0.4, -0.2) is 44.9 Å². The quantitative estimate of drug-likeness (QED) is 0.666. The number of fused-ring (bicyclic) bond motifs is 1. The molecule has 9 heteroatoms. The molecule has 0 spiro atoms. The van der Waals surface area contributed by atoms with E-state index in [-0.39, 0.29) is 16.1 Å². The molecule has 1 aliphatic rings. The van der Waals surface area contributed by atoms with E-state index in [1.807, 2.05) is 19.9 Å². The van der Waals surface area contributed by atoms with Crippen LogP contribution >= 0.6 is 0 Å². The number of carbonyl (C=O) groups is 1. The standard InChI is InChI=1S/C22H22N2O6S/c1-14-11-15(2)21-18(25)13-20(30-19(21)12-14)22(26)23-16-3-5-17(6-4-16)31(27,28)24-7-9-29-10-8-24/h3-6,11-13H,7-10H2,1-2H3,(H,23,26). The van der Waals surface area contributed by atoms with Gasteiger partial charge >= 0.3 is 0 Å². The van der Waals surface area contributed by atoms with Gasteiger partial charge in [0, 0.05) is 24.8 Å².